The van der Waals surface area contributed by atoms with Crippen LogP contribution in [0.4, 0.5) is 4.79 Å². The highest BCUT2D eigenvalue weighted by atomic mass is 16.5. The van der Waals surface area contributed by atoms with Gasteiger partial charge in [-0.15, -0.1) is 0 Å². The molecule has 0 aliphatic heterocycles. The Kier molecular flexibility index (Phi) is 6.87. The van der Waals surface area contributed by atoms with Crippen molar-refractivity contribution in [1.29, 1.82) is 0 Å². The van der Waals surface area contributed by atoms with E-state index in [4.69, 9.17) is 4.74 Å². The van der Waals surface area contributed by atoms with Gasteiger partial charge in [-0.05, 0) is 30.5 Å². The molecule has 0 heterocycles. The van der Waals surface area contributed by atoms with Crippen molar-refractivity contribution in [3.63, 3.8) is 0 Å². The van der Waals surface area contributed by atoms with Crippen molar-refractivity contribution >= 4 is 6.03 Å². The third-order valence-corrected chi connectivity index (χ3v) is 3.26. The number of benzene rings is 1. The Morgan fingerprint density at radius 1 is 1.35 bits per heavy atom. The quantitative estimate of drug-likeness (QED) is 0.717. The summed E-state index contributed by atoms with van der Waals surface area (Å²) in [5, 5.41) is 15.6. The highest BCUT2D eigenvalue weighted by Gasteiger charge is 2.12. The van der Waals surface area contributed by atoms with Crippen LogP contribution < -0.4 is 15.4 Å². The molecular formula is C15H24N2O3. The van der Waals surface area contributed by atoms with Gasteiger partial charge in [0.15, 0.2) is 0 Å². The van der Waals surface area contributed by atoms with Gasteiger partial charge < -0.3 is 20.5 Å². The minimum absolute atomic E-state index is 0.166. The fourth-order valence-electron chi connectivity index (χ4n) is 1.89. The summed E-state index contributed by atoms with van der Waals surface area (Å²) in [6.07, 6.45) is 1.03. The van der Waals surface area contributed by atoms with Crippen molar-refractivity contribution in [2.75, 3.05) is 13.7 Å². The van der Waals surface area contributed by atoms with E-state index < -0.39 is 6.10 Å². The molecule has 20 heavy (non-hydrogen) atoms. The molecule has 1 atom stereocenters. The molecule has 1 unspecified atom stereocenters. The molecule has 0 saturated carbocycles. The van der Waals surface area contributed by atoms with Crippen molar-refractivity contribution in [3.8, 4) is 5.75 Å². The predicted molar refractivity (Wildman–Crippen MR) is 78.9 cm³/mol. The van der Waals surface area contributed by atoms with E-state index in [1.165, 1.54) is 0 Å². The SMILES string of the molecule is CCC(CC)NC(=O)NCC(O)c1cccc(OC)c1. The van der Waals surface area contributed by atoms with Crippen molar-refractivity contribution < 1.29 is 14.6 Å². The van der Waals surface area contributed by atoms with E-state index in [-0.39, 0.29) is 18.6 Å². The Labute approximate surface area is 120 Å². The molecule has 112 valence electrons. The summed E-state index contributed by atoms with van der Waals surface area (Å²) in [5.74, 6) is 0.683. The topological polar surface area (TPSA) is 70.6 Å². The standard InChI is InChI=1S/C15H24N2O3/c1-4-12(5-2)17-15(19)16-10-14(18)11-7-6-8-13(9-11)20-3/h6-9,12,14,18H,4-5,10H2,1-3H3,(H2,16,17,19). The highest BCUT2D eigenvalue weighted by Crippen LogP contribution is 2.18. The summed E-state index contributed by atoms with van der Waals surface area (Å²) >= 11 is 0. The average Bonchev–Trinajstić information content (AvgIpc) is 2.50. The molecular weight excluding hydrogens is 256 g/mol. The Bertz CT molecular complexity index is 419. The lowest BCUT2D eigenvalue weighted by molar-refractivity contribution is 0.172. The Morgan fingerprint density at radius 3 is 2.65 bits per heavy atom. The van der Waals surface area contributed by atoms with Crippen molar-refractivity contribution in [3.05, 3.63) is 29.8 Å². The largest absolute Gasteiger partial charge is 0.497 e. The van der Waals surface area contributed by atoms with Crippen LogP contribution >= 0.6 is 0 Å². The maximum atomic E-state index is 11.7. The first kappa shape index (κ1) is 16.3. The molecule has 5 heteroatoms. The van der Waals surface area contributed by atoms with Gasteiger partial charge in [0.25, 0.3) is 0 Å². The number of aliphatic hydroxyl groups excluding tert-OH is 1. The van der Waals surface area contributed by atoms with E-state index in [0.29, 0.717) is 11.3 Å². The maximum absolute atomic E-state index is 11.7. The second-order valence-electron chi connectivity index (χ2n) is 4.66. The molecule has 0 aliphatic rings. The summed E-state index contributed by atoms with van der Waals surface area (Å²) in [5.41, 5.74) is 0.715. The molecule has 0 fully saturated rings. The van der Waals surface area contributed by atoms with E-state index in [9.17, 15) is 9.90 Å². The van der Waals surface area contributed by atoms with Gasteiger partial charge in [0, 0.05) is 12.6 Å². The number of hydrogen-bond acceptors (Lipinski definition) is 3. The van der Waals surface area contributed by atoms with Crippen molar-refractivity contribution in [2.45, 2.75) is 38.8 Å². The van der Waals surface area contributed by atoms with Gasteiger partial charge in [-0.3, -0.25) is 0 Å². The lowest BCUT2D eigenvalue weighted by Gasteiger charge is -2.17. The third-order valence-electron chi connectivity index (χ3n) is 3.26. The molecule has 0 aliphatic carbocycles. The summed E-state index contributed by atoms with van der Waals surface area (Å²) in [6, 6.07) is 7.09. The van der Waals surface area contributed by atoms with Crippen molar-refractivity contribution in [1.82, 2.24) is 10.6 Å². The number of urea groups is 1. The summed E-state index contributed by atoms with van der Waals surface area (Å²) in [6.45, 7) is 4.22. The lowest BCUT2D eigenvalue weighted by atomic mass is 10.1. The number of methoxy groups -OCH3 is 1. The molecule has 3 N–H and O–H groups in total. The maximum Gasteiger partial charge on any atom is 0.315 e. The van der Waals surface area contributed by atoms with Crippen LogP contribution in [0.15, 0.2) is 24.3 Å². The van der Waals surface area contributed by atoms with E-state index in [0.717, 1.165) is 12.8 Å². The number of hydrogen-bond donors (Lipinski definition) is 3. The number of nitrogens with one attached hydrogen (secondary N) is 2. The second kappa shape index (κ2) is 8.43. The Balaban J connectivity index is 2.46. The minimum atomic E-state index is -0.752. The molecule has 1 aromatic carbocycles. The van der Waals surface area contributed by atoms with Crippen LogP contribution in [0.25, 0.3) is 0 Å². The zero-order valence-electron chi connectivity index (χ0n) is 12.3. The number of rotatable bonds is 7. The number of amides is 2. The van der Waals surface area contributed by atoms with Crippen LogP contribution in [0, 0.1) is 0 Å². The number of carbonyl (C=O) groups excluding carboxylic acids is 1. The zero-order chi connectivity index (χ0) is 15.0. The molecule has 0 bridgehead atoms. The van der Waals surface area contributed by atoms with Gasteiger partial charge >= 0.3 is 6.03 Å². The van der Waals surface area contributed by atoms with Gasteiger partial charge in [0.2, 0.25) is 0 Å². The van der Waals surface area contributed by atoms with Gasteiger partial charge in [-0.25, -0.2) is 4.79 Å². The highest BCUT2D eigenvalue weighted by molar-refractivity contribution is 5.74. The molecule has 1 rings (SSSR count). The number of aliphatic hydroxyl groups is 1. The van der Waals surface area contributed by atoms with E-state index in [1.54, 1.807) is 19.2 Å². The van der Waals surface area contributed by atoms with Gasteiger partial charge in [0.1, 0.15) is 5.75 Å². The molecule has 0 spiro atoms. The molecule has 0 saturated heterocycles. The molecule has 5 nitrogen and oxygen atoms in total. The molecule has 0 radical (unpaired) electrons. The van der Waals surface area contributed by atoms with Crippen LogP contribution in [0.2, 0.25) is 0 Å². The number of ether oxygens (including phenoxy) is 1. The fourth-order valence-corrected chi connectivity index (χ4v) is 1.89. The molecule has 2 amide bonds. The predicted octanol–water partition coefficient (Wildman–Crippen LogP) is 2.22. The van der Waals surface area contributed by atoms with Crippen LogP contribution in [0.3, 0.4) is 0 Å². The number of carbonyl (C=O) groups is 1. The normalized spacial score (nSPS) is 12.1. The van der Waals surface area contributed by atoms with Crippen LogP contribution in [0.1, 0.15) is 38.4 Å². The van der Waals surface area contributed by atoms with Crippen LogP contribution in [0.5, 0.6) is 5.75 Å². The van der Waals surface area contributed by atoms with Crippen LogP contribution in [-0.2, 0) is 0 Å². The smallest absolute Gasteiger partial charge is 0.315 e. The first-order valence-corrected chi connectivity index (χ1v) is 6.97. The van der Waals surface area contributed by atoms with Gasteiger partial charge in [-0.1, -0.05) is 26.0 Å². The van der Waals surface area contributed by atoms with Crippen LogP contribution in [-0.4, -0.2) is 30.8 Å². The molecule has 1 aromatic rings. The summed E-state index contributed by atoms with van der Waals surface area (Å²) in [7, 11) is 1.58. The average molecular weight is 280 g/mol. The lowest BCUT2D eigenvalue weighted by Crippen LogP contribution is -2.42. The van der Waals surface area contributed by atoms with Gasteiger partial charge in [-0.2, -0.15) is 0 Å². The van der Waals surface area contributed by atoms with Crippen molar-refractivity contribution in [2.24, 2.45) is 0 Å². The second-order valence-corrected chi connectivity index (χ2v) is 4.66. The zero-order valence-corrected chi connectivity index (χ0v) is 12.3. The van der Waals surface area contributed by atoms with E-state index in [2.05, 4.69) is 10.6 Å². The first-order chi connectivity index (χ1) is 9.60. The summed E-state index contributed by atoms with van der Waals surface area (Å²) in [4.78, 5) is 11.7. The van der Waals surface area contributed by atoms with E-state index in [1.807, 2.05) is 26.0 Å². The first-order valence-electron chi connectivity index (χ1n) is 6.97. The van der Waals surface area contributed by atoms with Gasteiger partial charge in [0.05, 0.1) is 13.2 Å². The van der Waals surface area contributed by atoms with E-state index >= 15 is 0 Å². The third kappa shape index (κ3) is 5.09. The fraction of sp³-hybridized carbons (Fsp3) is 0.533. The Hall–Kier alpha value is -1.75. The monoisotopic (exact) mass is 280 g/mol. The minimum Gasteiger partial charge on any atom is -0.497 e. The Morgan fingerprint density at radius 2 is 2.05 bits per heavy atom. The molecule has 0 aromatic heterocycles. The summed E-state index contributed by atoms with van der Waals surface area (Å²) < 4.78 is 5.10.